The Hall–Kier alpha value is -2.21. The first-order valence-electron chi connectivity index (χ1n) is 6.66. The van der Waals surface area contributed by atoms with Gasteiger partial charge in [0, 0.05) is 17.3 Å². The summed E-state index contributed by atoms with van der Waals surface area (Å²) in [4.78, 5) is 35.4. The van der Waals surface area contributed by atoms with E-state index >= 15 is 0 Å². The summed E-state index contributed by atoms with van der Waals surface area (Å²) in [5.74, 6) is -1.30. The smallest absolute Gasteiger partial charge is 0.317 e. The number of carbonyl (C=O) groups excluding carboxylic acids is 2. The highest BCUT2D eigenvalue weighted by Crippen LogP contribution is 2.10. The van der Waals surface area contributed by atoms with Gasteiger partial charge in [-0.25, -0.2) is 0 Å². The maximum atomic E-state index is 11.9. The molecule has 0 aliphatic carbocycles. The molecule has 1 aromatic rings. The molecule has 21 heavy (non-hydrogen) atoms. The van der Waals surface area contributed by atoms with Gasteiger partial charge in [0.1, 0.15) is 0 Å². The molecule has 6 heteroatoms. The highest BCUT2D eigenvalue weighted by molar-refractivity contribution is 5.96. The maximum absolute atomic E-state index is 11.9. The average Bonchev–Trinajstić information content (AvgIpc) is 2.37. The van der Waals surface area contributed by atoms with E-state index in [0.29, 0.717) is 11.3 Å². The highest BCUT2D eigenvalue weighted by Gasteiger charge is 2.17. The molecular weight excluding hydrogens is 272 g/mol. The number of Topliss-reactive ketones (excluding diaryl/α,β-unsaturated/α-hetero) is 1. The van der Waals surface area contributed by atoms with Crippen LogP contribution in [-0.2, 0) is 9.59 Å². The quantitative estimate of drug-likeness (QED) is 0.746. The number of anilines is 1. The van der Waals surface area contributed by atoms with E-state index in [-0.39, 0.29) is 30.8 Å². The molecule has 0 fully saturated rings. The van der Waals surface area contributed by atoms with Crippen molar-refractivity contribution in [3.63, 3.8) is 0 Å². The molecule has 0 aliphatic rings. The van der Waals surface area contributed by atoms with Crippen LogP contribution in [0, 0.1) is 0 Å². The van der Waals surface area contributed by atoms with Crippen LogP contribution in [0.3, 0.4) is 0 Å². The van der Waals surface area contributed by atoms with Crippen LogP contribution in [0.1, 0.15) is 31.1 Å². The number of carbonyl (C=O) groups is 3. The number of hydrogen-bond donors (Lipinski definition) is 2. The molecule has 0 aliphatic heterocycles. The molecule has 0 unspecified atom stereocenters. The number of aliphatic carboxylic acids is 1. The van der Waals surface area contributed by atoms with Crippen LogP contribution >= 0.6 is 0 Å². The van der Waals surface area contributed by atoms with Crippen LogP contribution in [0.25, 0.3) is 0 Å². The van der Waals surface area contributed by atoms with Crippen molar-refractivity contribution in [2.75, 3.05) is 18.4 Å². The van der Waals surface area contributed by atoms with Gasteiger partial charge in [0.05, 0.1) is 13.1 Å². The lowest BCUT2D eigenvalue weighted by molar-refractivity contribution is -0.139. The van der Waals surface area contributed by atoms with Crippen LogP contribution in [0.4, 0.5) is 5.69 Å². The summed E-state index contributed by atoms with van der Waals surface area (Å²) in [6, 6.07) is 6.51. The van der Waals surface area contributed by atoms with E-state index in [9.17, 15) is 14.4 Å². The Morgan fingerprint density at radius 2 is 1.71 bits per heavy atom. The van der Waals surface area contributed by atoms with Crippen molar-refractivity contribution in [2.24, 2.45) is 0 Å². The molecule has 0 aromatic heterocycles. The Morgan fingerprint density at radius 1 is 1.14 bits per heavy atom. The molecule has 1 aromatic carbocycles. The monoisotopic (exact) mass is 292 g/mol. The number of carboxylic acid groups (broad SMARTS) is 1. The number of carboxylic acids is 1. The van der Waals surface area contributed by atoms with Crippen molar-refractivity contribution in [3.05, 3.63) is 29.8 Å². The van der Waals surface area contributed by atoms with Gasteiger partial charge in [-0.2, -0.15) is 0 Å². The Kier molecular flexibility index (Phi) is 6.05. The molecule has 0 saturated heterocycles. The minimum Gasteiger partial charge on any atom is -0.480 e. The SMILES string of the molecule is CC(=O)c1ccc(NC(=O)CN(CC(=O)O)C(C)C)cc1. The third kappa shape index (κ3) is 5.74. The molecular formula is C15H20N2O4. The number of nitrogens with zero attached hydrogens (tertiary/aromatic N) is 1. The maximum Gasteiger partial charge on any atom is 0.317 e. The lowest BCUT2D eigenvalue weighted by atomic mass is 10.1. The van der Waals surface area contributed by atoms with E-state index in [4.69, 9.17) is 5.11 Å². The fourth-order valence-electron chi connectivity index (χ4n) is 1.77. The summed E-state index contributed by atoms with van der Waals surface area (Å²) in [6.45, 7) is 4.95. The molecule has 6 nitrogen and oxygen atoms in total. The summed E-state index contributed by atoms with van der Waals surface area (Å²) in [5.41, 5.74) is 1.15. The first-order valence-corrected chi connectivity index (χ1v) is 6.66. The normalized spacial score (nSPS) is 10.7. The van der Waals surface area contributed by atoms with Gasteiger partial charge in [0.2, 0.25) is 5.91 Å². The van der Waals surface area contributed by atoms with Crippen molar-refractivity contribution in [1.82, 2.24) is 4.90 Å². The largest absolute Gasteiger partial charge is 0.480 e. The van der Waals surface area contributed by atoms with Crippen LogP contribution in [-0.4, -0.2) is 46.8 Å². The van der Waals surface area contributed by atoms with Gasteiger partial charge in [0.15, 0.2) is 5.78 Å². The fraction of sp³-hybridized carbons (Fsp3) is 0.400. The first kappa shape index (κ1) is 16.8. The second-order valence-electron chi connectivity index (χ2n) is 5.07. The Morgan fingerprint density at radius 3 is 2.14 bits per heavy atom. The molecule has 2 N–H and O–H groups in total. The molecule has 1 amide bonds. The summed E-state index contributed by atoms with van der Waals surface area (Å²) in [6.07, 6.45) is 0. The highest BCUT2D eigenvalue weighted by atomic mass is 16.4. The summed E-state index contributed by atoms with van der Waals surface area (Å²) in [5, 5.41) is 11.5. The molecule has 0 atom stereocenters. The van der Waals surface area contributed by atoms with Crippen molar-refractivity contribution >= 4 is 23.3 Å². The summed E-state index contributed by atoms with van der Waals surface area (Å²) >= 11 is 0. The van der Waals surface area contributed by atoms with Crippen LogP contribution < -0.4 is 5.32 Å². The van der Waals surface area contributed by atoms with Gasteiger partial charge in [-0.3, -0.25) is 19.3 Å². The summed E-state index contributed by atoms with van der Waals surface area (Å²) < 4.78 is 0. The van der Waals surface area contributed by atoms with Gasteiger partial charge in [0.25, 0.3) is 0 Å². The van der Waals surface area contributed by atoms with Crippen LogP contribution in [0.5, 0.6) is 0 Å². The zero-order chi connectivity index (χ0) is 16.0. The standard InChI is InChI=1S/C15H20N2O4/c1-10(2)17(9-15(20)21)8-14(19)16-13-6-4-12(5-7-13)11(3)18/h4-7,10H,8-9H2,1-3H3,(H,16,19)(H,20,21). The number of amides is 1. The third-order valence-electron chi connectivity index (χ3n) is 2.99. The van der Waals surface area contributed by atoms with Crippen molar-refractivity contribution in [1.29, 1.82) is 0 Å². The minimum absolute atomic E-state index is 0.00156. The minimum atomic E-state index is -0.970. The topological polar surface area (TPSA) is 86.7 Å². The second kappa shape index (κ2) is 7.54. The average molecular weight is 292 g/mol. The molecule has 114 valence electrons. The van der Waals surface area contributed by atoms with E-state index in [1.807, 2.05) is 13.8 Å². The van der Waals surface area contributed by atoms with Gasteiger partial charge in [-0.05, 0) is 45.0 Å². The van der Waals surface area contributed by atoms with E-state index in [1.54, 1.807) is 29.2 Å². The van der Waals surface area contributed by atoms with Gasteiger partial charge in [-0.15, -0.1) is 0 Å². The molecule has 1 rings (SSSR count). The summed E-state index contributed by atoms with van der Waals surface area (Å²) in [7, 11) is 0. The Balaban J connectivity index is 2.63. The number of ketones is 1. The molecule has 0 bridgehead atoms. The number of benzene rings is 1. The Labute approximate surface area is 123 Å². The van der Waals surface area contributed by atoms with Gasteiger partial charge >= 0.3 is 5.97 Å². The number of hydrogen-bond acceptors (Lipinski definition) is 4. The van der Waals surface area contributed by atoms with Crippen molar-refractivity contribution in [3.8, 4) is 0 Å². The predicted molar refractivity (Wildman–Crippen MR) is 79.4 cm³/mol. The fourth-order valence-corrected chi connectivity index (χ4v) is 1.77. The van der Waals surface area contributed by atoms with E-state index in [0.717, 1.165) is 0 Å². The van der Waals surface area contributed by atoms with E-state index in [2.05, 4.69) is 5.32 Å². The first-order chi connectivity index (χ1) is 9.79. The lowest BCUT2D eigenvalue weighted by Gasteiger charge is -2.23. The molecule has 0 heterocycles. The molecule has 0 saturated carbocycles. The number of rotatable bonds is 7. The van der Waals surface area contributed by atoms with E-state index < -0.39 is 5.97 Å². The lowest BCUT2D eigenvalue weighted by Crippen LogP contribution is -2.41. The van der Waals surface area contributed by atoms with Crippen LogP contribution in [0.15, 0.2) is 24.3 Å². The Bertz CT molecular complexity index is 523. The molecule has 0 spiro atoms. The van der Waals surface area contributed by atoms with Gasteiger partial charge < -0.3 is 10.4 Å². The van der Waals surface area contributed by atoms with Crippen molar-refractivity contribution < 1.29 is 19.5 Å². The third-order valence-corrected chi connectivity index (χ3v) is 2.99. The predicted octanol–water partition coefficient (Wildman–Crippen LogP) is 1.62. The van der Waals surface area contributed by atoms with Crippen molar-refractivity contribution in [2.45, 2.75) is 26.8 Å². The van der Waals surface area contributed by atoms with Gasteiger partial charge in [-0.1, -0.05) is 0 Å². The zero-order valence-electron chi connectivity index (χ0n) is 12.4. The number of nitrogens with one attached hydrogen (secondary N) is 1. The second-order valence-corrected chi connectivity index (χ2v) is 5.07. The van der Waals surface area contributed by atoms with E-state index in [1.165, 1.54) is 6.92 Å². The molecule has 0 radical (unpaired) electrons. The zero-order valence-corrected chi connectivity index (χ0v) is 12.4. The van der Waals surface area contributed by atoms with Crippen LogP contribution in [0.2, 0.25) is 0 Å².